The molecule has 25 heavy (non-hydrogen) atoms. The second kappa shape index (κ2) is 7.51. The zero-order valence-corrected chi connectivity index (χ0v) is 15.8. The van der Waals surface area contributed by atoms with Gasteiger partial charge in [-0.25, -0.2) is 0 Å². The fourth-order valence-electron chi connectivity index (χ4n) is 2.96. The van der Waals surface area contributed by atoms with E-state index in [9.17, 15) is 14.7 Å². The Balaban J connectivity index is 1.94. The molecular weight excluding hydrogens is 356 g/mol. The van der Waals surface area contributed by atoms with Crippen LogP contribution in [0.1, 0.15) is 27.0 Å². The zero-order valence-electron chi connectivity index (χ0n) is 14.1. The third kappa shape index (κ3) is 3.53. The summed E-state index contributed by atoms with van der Waals surface area (Å²) < 4.78 is 0. The van der Waals surface area contributed by atoms with Crippen LogP contribution in [0.5, 0.6) is 0 Å². The average molecular weight is 377 g/mol. The van der Waals surface area contributed by atoms with E-state index in [1.165, 1.54) is 22.7 Å². The summed E-state index contributed by atoms with van der Waals surface area (Å²) in [7, 11) is 3.95. The Morgan fingerprint density at radius 1 is 1.24 bits per heavy atom. The minimum absolute atomic E-state index is 0.194. The molecule has 0 unspecified atom stereocenters. The Morgan fingerprint density at radius 2 is 1.96 bits per heavy atom. The molecule has 1 aliphatic rings. The predicted octanol–water partition coefficient (Wildman–Crippen LogP) is 3.34. The molecule has 1 atom stereocenters. The number of carbonyl (C=O) groups is 2. The van der Waals surface area contributed by atoms with Crippen molar-refractivity contribution in [3.63, 3.8) is 0 Å². The zero-order chi connectivity index (χ0) is 18.0. The van der Waals surface area contributed by atoms with Crippen LogP contribution in [0.4, 0.5) is 0 Å². The molecule has 0 fully saturated rings. The largest absolute Gasteiger partial charge is 0.503 e. The SMILES string of the molecule is CN(C)CCCN1C(=O)C(O)=C(C(=O)c2cccs2)[C@@H]1c1cccs1. The van der Waals surface area contributed by atoms with E-state index >= 15 is 0 Å². The highest BCUT2D eigenvalue weighted by Gasteiger charge is 2.44. The van der Waals surface area contributed by atoms with Crippen LogP contribution >= 0.6 is 22.7 Å². The van der Waals surface area contributed by atoms with Crippen LogP contribution < -0.4 is 0 Å². The summed E-state index contributed by atoms with van der Waals surface area (Å²) in [5, 5.41) is 14.2. The van der Waals surface area contributed by atoms with E-state index in [4.69, 9.17) is 0 Å². The van der Waals surface area contributed by atoms with E-state index in [-0.39, 0.29) is 11.4 Å². The summed E-state index contributed by atoms with van der Waals surface area (Å²) in [6.45, 7) is 1.32. The molecule has 5 nitrogen and oxygen atoms in total. The van der Waals surface area contributed by atoms with Crippen molar-refractivity contribution >= 4 is 34.4 Å². The molecule has 2 aromatic heterocycles. The molecule has 7 heteroatoms. The number of aliphatic hydroxyl groups is 1. The average Bonchev–Trinajstić information content (AvgIpc) is 3.31. The smallest absolute Gasteiger partial charge is 0.290 e. The van der Waals surface area contributed by atoms with Gasteiger partial charge < -0.3 is 14.9 Å². The van der Waals surface area contributed by atoms with Gasteiger partial charge in [0.1, 0.15) is 0 Å². The van der Waals surface area contributed by atoms with Crippen LogP contribution in [-0.4, -0.2) is 53.8 Å². The first kappa shape index (κ1) is 17.8. The van der Waals surface area contributed by atoms with Crippen LogP contribution in [0.25, 0.3) is 0 Å². The molecule has 1 amide bonds. The van der Waals surface area contributed by atoms with Crippen molar-refractivity contribution in [1.29, 1.82) is 0 Å². The van der Waals surface area contributed by atoms with Crippen molar-refractivity contribution in [2.45, 2.75) is 12.5 Å². The van der Waals surface area contributed by atoms with Crippen LogP contribution in [0, 0.1) is 0 Å². The van der Waals surface area contributed by atoms with Gasteiger partial charge in [0.25, 0.3) is 5.91 Å². The van der Waals surface area contributed by atoms with Gasteiger partial charge in [0.15, 0.2) is 5.76 Å². The molecular formula is C18H20N2O3S2. The molecule has 1 N–H and O–H groups in total. The van der Waals surface area contributed by atoms with E-state index in [2.05, 4.69) is 0 Å². The van der Waals surface area contributed by atoms with Crippen molar-refractivity contribution in [2.75, 3.05) is 27.2 Å². The number of thiophene rings is 2. The van der Waals surface area contributed by atoms with Crippen molar-refractivity contribution in [1.82, 2.24) is 9.80 Å². The second-order valence-electron chi connectivity index (χ2n) is 6.14. The second-order valence-corrected chi connectivity index (χ2v) is 8.07. The molecule has 3 heterocycles. The summed E-state index contributed by atoms with van der Waals surface area (Å²) in [4.78, 5) is 30.6. The molecule has 1 aliphatic heterocycles. The number of ketones is 1. The van der Waals surface area contributed by atoms with Gasteiger partial charge >= 0.3 is 0 Å². The highest BCUT2D eigenvalue weighted by atomic mass is 32.1. The summed E-state index contributed by atoms with van der Waals surface area (Å²) >= 11 is 2.80. The van der Waals surface area contributed by atoms with Crippen molar-refractivity contribution in [2.24, 2.45) is 0 Å². The molecule has 0 spiro atoms. The maximum Gasteiger partial charge on any atom is 0.290 e. The number of carbonyl (C=O) groups excluding carboxylic acids is 2. The Kier molecular flexibility index (Phi) is 5.36. The quantitative estimate of drug-likeness (QED) is 0.753. The summed E-state index contributed by atoms with van der Waals surface area (Å²) in [5.41, 5.74) is 0.194. The lowest BCUT2D eigenvalue weighted by molar-refractivity contribution is -0.129. The molecule has 0 aliphatic carbocycles. The number of aliphatic hydroxyl groups excluding tert-OH is 1. The topological polar surface area (TPSA) is 60.9 Å². The highest BCUT2D eigenvalue weighted by molar-refractivity contribution is 7.12. The van der Waals surface area contributed by atoms with Crippen LogP contribution in [0.2, 0.25) is 0 Å². The number of hydrogen-bond donors (Lipinski definition) is 1. The molecule has 0 saturated heterocycles. The summed E-state index contributed by atoms with van der Waals surface area (Å²) in [5.74, 6) is -1.15. The van der Waals surface area contributed by atoms with Gasteiger partial charge in [-0.1, -0.05) is 12.1 Å². The maximum atomic E-state index is 12.9. The normalized spacial score (nSPS) is 17.8. The fourth-order valence-corrected chi connectivity index (χ4v) is 4.48. The van der Waals surface area contributed by atoms with E-state index in [0.717, 1.165) is 17.8 Å². The summed E-state index contributed by atoms with van der Waals surface area (Å²) in [6.07, 6.45) is 0.772. The Labute approximate surface area is 154 Å². The standard InChI is InChI=1S/C18H20N2O3S2/c1-19(2)8-5-9-20-15(12-6-3-10-24-12)14(17(22)18(20)23)16(21)13-7-4-11-25-13/h3-4,6-7,10-11,15,22H,5,8-9H2,1-2H3/t15-/m0/s1. The van der Waals surface area contributed by atoms with Gasteiger partial charge in [0.2, 0.25) is 5.78 Å². The first-order chi connectivity index (χ1) is 12.0. The molecule has 3 rings (SSSR count). The lowest BCUT2D eigenvalue weighted by atomic mass is 10.0. The molecule has 132 valence electrons. The fraction of sp³-hybridized carbons (Fsp3) is 0.333. The number of nitrogens with zero attached hydrogens (tertiary/aromatic N) is 2. The molecule has 0 bridgehead atoms. The van der Waals surface area contributed by atoms with E-state index in [0.29, 0.717) is 11.4 Å². The van der Waals surface area contributed by atoms with Gasteiger partial charge in [-0.15, -0.1) is 22.7 Å². The third-order valence-corrected chi connectivity index (χ3v) is 5.90. The predicted molar refractivity (Wildman–Crippen MR) is 100 cm³/mol. The van der Waals surface area contributed by atoms with Crippen molar-refractivity contribution in [3.05, 3.63) is 56.1 Å². The lowest BCUT2D eigenvalue weighted by Gasteiger charge is -2.26. The van der Waals surface area contributed by atoms with Gasteiger partial charge in [0.05, 0.1) is 16.5 Å². The van der Waals surface area contributed by atoms with Crippen LogP contribution in [0.3, 0.4) is 0 Å². The minimum atomic E-state index is -0.510. The number of rotatable bonds is 7. The highest BCUT2D eigenvalue weighted by Crippen LogP contribution is 2.41. The van der Waals surface area contributed by atoms with E-state index < -0.39 is 17.7 Å². The maximum absolute atomic E-state index is 12.9. The van der Waals surface area contributed by atoms with Gasteiger partial charge in [-0.3, -0.25) is 9.59 Å². The number of amides is 1. The number of Topliss-reactive ketones (excluding diaryl/α,β-unsaturated/α-hetero) is 1. The molecule has 2 aromatic rings. The van der Waals surface area contributed by atoms with Crippen LogP contribution in [0.15, 0.2) is 46.4 Å². The molecule has 0 saturated carbocycles. The van der Waals surface area contributed by atoms with Crippen molar-refractivity contribution < 1.29 is 14.7 Å². The Morgan fingerprint density at radius 3 is 2.56 bits per heavy atom. The van der Waals surface area contributed by atoms with Crippen molar-refractivity contribution in [3.8, 4) is 0 Å². The molecule has 0 radical (unpaired) electrons. The van der Waals surface area contributed by atoms with E-state index in [1.54, 1.807) is 17.0 Å². The first-order valence-electron chi connectivity index (χ1n) is 8.01. The minimum Gasteiger partial charge on any atom is -0.503 e. The molecule has 0 aromatic carbocycles. The van der Waals surface area contributed by atoms with E-state index in [1.807, 2.05) is 41.9 Å². The Hall–Kier alpha value is -1.96. The Bertz CT molecular complexity index is 779. The third-order valence-electron chi connectivity index (χ3n) is 4.11. The lowest BCUT2D eigenvalue weighted by Crippen LogP contribution is -2.33. The monoisotopic (exact) mass is 376 g/mol. The summed E-state index contributed by atoms with van der Waals surface area (Å²) in [6, 6.07) is 6.80. The van der Waals surface area contributed by atoms with Gasteiger partial charge in [0, 0.05) is 11.4 Å². The van der Waals surface area contributed by atoms with Gasteiger partial charge in [-0.05, 0) is 50.0 Å². The van der Waals surface area contributed by atoms with Crippen LogP contribution in [-0.2, 0) is 4.79 Å². The number of hydrogen-bond acceptors (Lipinski definition) is 6. The first-order valence-corrected chi connectivity index (χ1v) is 9.77. The van der Waals surface area contributed by atoms with Gasteiger partial charge in [-0.2, -0.15) is 0 Å².